The molecule has 2 N–H and O–H groups in total. The Labute approximate surface area is 95.2 Å². The molecule has 1 aliphatic rings. The molecule has 0 aromatic carbocycles. The Balaban J connectivity index is 2.22. The van der Waals surface area contributed by atoms with Crippen LogP contribution >= 0.6 is 0 Å². The van der Waals surface area contributed by atoms with Gasteiger partial charge in [0.1, 0.15) is 0 Å². The van der Waals surface area contributed by atoms with E-state index in [1.165, 1.54) is 0 Å². The summed E-state index contributed by atoms with van der Waals surface area (Å²) in [5.74, 6) is 0.513. The van der Waals surface area contributed by atoms with Crippen molar-refractivity contribution in [1.29, 1.82) is 0 Å². The number of anilines is 1. The lowest BCUT2D eigenvalue weighted by atomic mass is 10.1. The number of amides is 1. The number of aromatic nitrogens is 2. The van der Waals surface area contributed by atoms with Gasteiger partial charge in [0.05, 0.1) is 5.69 Å². The average Bonchev–Trinajstić information content (AvgIpc) is 2.68. The number of nitrogens with two attached hydrogens (primary N) is 1. The van der Waals surface area contributed by atoms with Crippen LogP contribution in [-0.2, 0) is 7.05 Å². The first-order chi connectivity index (χ1) is 7.49. The van der Waals surface area contributed by atoms with Crippen molar-refractivity contribution in [3.05, 3.63) is 11.9 Å². The summed E-state index contributed by atoms with van der Waals surface area (Å²) in [5, 5.41) is 4.11. The Morgan fingerprint density at radius 1 is 1.56 bits per heavy atom. The summed E-state index contributed by atoms with van der Waals surface area (Å²) < 4.78 is 1.58. The lowest BCUT2D eigenvalue weighted by Gasteiger charge is -2.20. The summed E-state index contributed by atoms with van der Waals surface area (Å²) in [4.78, 5) is 14.1. The molecule has 0 saturated carbocycles. The molecule has 2 rings (SSSR count). The zero-order valence-corrected chi connectivity index (χ0v) is 9.97. The summed E-state index contributed by atoms with van der Waals surface area (Å²) in [7, 11) is 1.77. The first-order valence-corrected chi connectivity index (χ1v) is 5.59. The number of hydrogen-bond acceptors (Lipinski definition) is 3. The third kappa shape index (κ3) is 1.77. The van der Waals surface area contributed by atoms with E-state index in [9.17, 15) is 4.79 Å². The van der Waals surface area contributed by atoms with Gasteiger partial charge < -0.3 is 10.6 Å². The number of rotatable bonds is 1. The average molecular weight is 222 g/mol. The second-order valence-corrected chi connectivity index (χ2v) is 4.75. The minimum atomic E-state index is -0.0463. The molecule has 1 saturated heterocycles. The second kappa shape index (κ2) is 3.81. The Morgan fingerprint density at radius 3 is 2.69 bits per heavy atom. The minimum absolute atomic E-state index is 0.0463. The third-order valence-electron chi connectivity index (χ3n) is 3.10. The third-order valence-corrected chi connectivity index (χ3v) is 3.10. The highest BCUT2D eigenvalue weighted by molar-refractivity contribution is 5.97. The summed E-state index contributed by atoms with van der Waals surface area (Å²) >= 11 is 0. The first-order valence-electron chi connectivity index (χ1n) is 5.59. The van der Waals surface area contributed by atoms with E-state index >= 15 is 0 Å². The lowest BCUT2D eigenvalue weighted by Crippen LogP contribution is -2.34. The number of carbonyl (C=O) groups excluding carboxylic acids is 1. The summed E-state index contributed by atoms with van der Waals surface area (Å²) in [6.45, 7) is 5.03. The molecule has 1 amide bonds. The normalized spacial score (nSPS) is 25.1. The van der Waals surface area contributed by atoms with Crippen LogP contribution in [0.5, 0.6) is 0 Å². The number of carbonyl (C=O) groups is 1. The van der Waals surface area contributed by atoms with Crippen molar-refractivity contribution < 1.29 is 4.79 Å². The standard InChI is InChI=1S/C11H18N4O/c1-7-4-8(2)15(5-7)11(16)10-9(12)6-14(3)13-10/h6-8H,4-5,12H2,1-3H3. The Bertz CT molecular complexity index is 412. The number of hydrogen-bond donors (Lipinski definition) is 1. The van der Waals surface area contributed by atoms with Crippen LogP contribution in [0.2, 0.25) is 0 Å². The molecule has 1 aliphatic heterocycles. The van der Waals surface area contributed by atoms with Crippen LogP contribution in [0, 0.1) is 5.92 Å². The number of nitrogen functional groups attached to an aromatic ring is 1. The molecule has 0 radical (unpaired) electrons. The quantitative estimate of drug-likeness (QED) is 0.767. The SMILES string of the molecule is CC1CC(C)N(C(=O)c2nn(C)cc2N)C1. The molecule has 2 unspecified atom stereocenters. The van der Waals surface area contributed by atoms with Gasteiger partial charge in [-0.1, -0.05) is 6.92 Å². The van der Waals surface area contributed by atoms with E-state index in [4.69, 9.17) is 5.73 Å². The van der Waals surface area contributed by atoms with Crippen molar-refractivity contribution in [2.24, 2.45) is 13.0 Å². The Kier molecular flexibility index (Phi) is 2.61. The fourth-order valence-electron chi connectivity index (χ4n) is 2.39. The Morgan fingerprint density at radius 2 is 2.25 bits per heavy atom. The van der Waals surface area contributed by atoms with Crippen molar-refractivity contribution in [2.75, 3.05) is 12.3 Å². The van der Waals surface area contributed by atoms with E-state index < -0.39 is 0 Å². The molecule has 0 spiro atoms. The molecule has 16 heavy (non-hydrogen) atoms. The van der Waals surface area contributed by atoms with Gasteiger partial charge in [0.25, 0.3) is 5.91 Å². The van der Waals surface area contributed by atoms with Gasteiger partial charge in [0.2, 0.25) is 0 Å². The van der Waals surface area contributed by atoms with Crippen molar-refractivity contribution in [3.63, 3.8) is 0 Å². The molecule has 88 valence electrons. The molecule has 0 aliphatic carbocycles. The zero-order chi connectivity index (χ0) is 11.9. The van der Waals surface area contributed by atoms with Gasteiger partial charge in [0, 0.05) is 25.8 Å². The largest absolute Gasteiger partial charge is 0.396 e. The van der Waals surface area contributed by atoms with Gasteiger partial charge in [-0.15, -0.1) is 0 Å². The van der Waals surface area contributed by atoms with E-state index in [0.717, 1.165) is 13.0 Å². The lowest BCUT2D eigenvalue weighted by molar-refractivity contribution is 0.0738. The molecule has 5 heteroatoms. The monoisotopic (exact) mass is 222 g/mol. The molecule has 0 bridgehead atoms. The van der Waals surface area contributed by atoms with Gasteiger partial charge in [-0.3, -0.25) is 9.48 Å². The Hall–Kier alpha value is -1.52. The van der Waals surface area contributed by atoms with E-state index in [2.05, 4.69) is 18.9 Å². The number of nitrogens with zero attached hydrogens (tertiary/aromatic N) is 3. The van der Waals surface area contributed by atoms with Gasteiger partial charge in [0.15, 0.2) is 5.69 Å². The van der Waals surface area contributed by atoms with Crippen molar-refractivity contribution in [1.82, 2.24) is 14.7 Å². The molecular formula is C11H18N4O. The second-order valence-electron chi connectivity index (χ2n) is 4.75. The van der Waals surface area contributed by atoms with E-state index in [-0.39, 0.29) is 11.9 Å². The van der Waals surface area contributed by atoms with Gasteiger partial charge in [-0.25, -0.2) is 0 Å². The van der Waals surface area contributed by atoms with Crippen LogP contribution < -0.4 is 5.73 Å². The summed E-state index contributed by atoms with van der Waals surface area (Å²) in [6, 6.07) is 0.281. The predicted molar refractivity (Wildman–Crippen MR) is 61.9 cm³/mol. The van der Waals surface area contributed by atoms with Crippen LogP contribution in [0.3, 0.4) is 0 Å². The minimum Gasteiger partial charge on any atom is -0.396 e. The molecule has 1 aromatic heterocycles. The molecule has 5 nitrogen and oxygen atoms in total. The number of aryl methyl sites for hydroxylation is 1. The van der Waals surface area contributed by atoms with Crippen molar-refractivity contribution in [3.8, 4) is 0 Å². The van der Waals surface area contributed by atoms with Crippen LogP contribution in [0.15, 0.2) is 6.20 Å². The molecule has 2 atom stereocenters. The fraction of sp³-hybridized carbons (Fsp3) is 0.636. The van der Waals surface area contributed by atoms with Gasteiger partial charge in [-0.2, -0.15) is 5.10 Å². The van der Waals surface area contributed by atoms with Crippen LogP contribution in [-0.4, -0.2) is 33.2 Å². The van der Waals surface area contributed by atoms with Gasteiger partial charge >= 0.3 is 0 Å². The zero-order valence-electron chi connectivity index (χ0n) is 9.97. The highest BCUT2D eigenvalue weighted by Gasteiger charge is 2.32. The molecule has 1 aromatic rings. The first kappa shape index (κ1) is 11.0. The van der Waals surface area contributed by atoms with Gasteiger partial charge in [-0.05, 0) is 19.3 Å². The molecule has 1 fully saturated rings. The highest BCUT2D eigenvalue weighted by atomic mass is 16.2. The fourth-order valence-corrected chi connectivity index (χ4v) is 2.39. The number of likely N-dealkylation sites (tertiary alicyclic amines) is 1. The maximum Gasteiger partial charge on any atom is 0.276 e. The van der Waals surface area contributed by atoms with Crippen LogP contribution in [0.4, 0.5) is 5.69 Å². The highest BCUT2D eigenvalue weighted by Crippen LogP contribution is 2.25. The molecule has 2 heterocycles. The van der Waals surface area contributed by atoms with Crippen molar-refractivity contribution in [2.45, 2.75) is 26.3 Å². The van der Waals surface area contributed by atoms with E-state index in [1.807, 2.05) is 4.90 Å². The summed E-state index contributed by atoms with van der Waals surface area (Å²) in [6.07, 6.45) is 2.72. The summed E-state index contributed by atoms with van der Waals surface area (Å²) in [5.41, 5.74) is 6.60. The van der Waals surface area contributed by atoms with Crippen LogP contribution in [0.25, 0.3) is 0 Å². The topological polar surface area (TPSA) is 64.2 Å². The smallest absolute Gasteiger partial charge is 0.276 e. The van der Waals surface area contributed by atoms with E-state index in [0.29, 0.717) is 17.3 Å². The predicted octanol–water partition coefficient (Wildman–Crippen LogP) is 0.873. The maximum absolute atomic E-state index is 12.2. The van der Waals surface area contributed by atoms with E-state index in [1.54, 1.807) is 17.9 Å². The van der Waals surface area contributed by atoms with Crippen molar-refractivity contribution >= 4 is 11.6 Å². The molecular weight excluding hydrogens is 204 g/mol. The van der Waals surface area contributed by atoms with Crippen LogP contribution in [0.1, 0.15) is 30.8 Å². The maximum atomic E-state index is 12.2.